The first kappa shape index (κ1) is 15.0. The number of hydrogen-bond donors (Lipinski definition) is 1. The molecule has 1 heterocycles. The van der Waals surface area contributed by atoms with Gasteiger partial charge in [-0.2, -0.15) is 0 Å². The summed E-state index contributed by atoms with van der Waals surface area (Å²) in [6, 6.07) is 23.3. The van der Waals surface area contributed by atoms with Crippen molar-refractivity contribution < 1.29 is 4.74 Å². The van der Waals surface area contributed by atoms with Gasteiger partial charge in [0.25, 0.3) is 0 Å². The average molecular weight is 318 g/mol. The molecule has 3 heteroatoms. The van der Waals surface area contributed by atoms with Crippen LogP contribution in [0.1, 0.15) is 5.56 Å². The van der Waals surface area contributed by atoms with Gasteiger partial charge >= 0.3 is 0 Å². The maximum Gasteiger partial charge on any atom is 0.119 e. The Bertz CT molecular complexity index is 807. The highest BCUT2D eigenvalue weighted by Crippen LogP contribution is 2.21. The first-order valence-electron chi connectivity index (χ1n) is 8.55. The van der Waals surface area contributed by atoms with Crippen molar-refractivity contribution in [1.82, 2.24) is 5.32 Å². The van der Waals surface area contributed by atoms with Gasteiger partial charge in [-0.25, -0.2) is 0 Å². The highest BCUT2D eigenvalue weighted by atomic mass is 16.5. The largest absolute Gasteiger partial charge is 0.489 e. The third kappa shape index (κ3) is 3.36. The summed E-state index contributed by atoms with van der Waals surface area (Å²) >= 11 is 0. The van der Waals surface area contributed by atoms with Crippen LogP contribution in [-0.2, 0) is 6.61 Å². The molecule has 3 aromatic rings. The van der Waals surface area contributed by atoms with Gasteiger partial charge in [-0.05, 0) is 46.7 Å². The van der Waals surface area contributed by atoms with Crippen molar-refractivity contribution in [2.24, 2.45) is 0 Å². The van der Waals surface area contributed by atoms with Crippen LogP contribution >= 0.6 is 0 Å². The van der Waals surface area contributed by atoms with E-state index in [1.54, 1.807) is 0 Å². The molecule has 0 amide bonds. The molecular weight excluding hydrogens is 296 g/mol. The van der Waals surface area contributed by atoms with E-state index < -0.39 is 0 Å². The molecule has 1 saturated heterocycles. The number of anilines is 1. The van der Waals surface area contributed by atoms with Crippen molar-refractivity contribution in [2.75, 3.05) is 31.1 Å². The summed E-state index contributed by atoms with van der Waals surface area (Å²) in [6.45, 7) is 4.84. The van der Waals surface area contributed by atoms with E-state index in [0.717, 1.165) is 31.9 Å². The Labute approximate surface area is 142 Å². The highest BCUT2D eigenvalue weighted by Gasteiger charge is 2.10. The Kier molecular flexibility index (Phi) is 4.34. The molecule has 0 bridgehead atoms. The molecule has 0 spiro atoms. The lowest BCUT2D eigenvalue weighted by Gasteiger charge is -2.29. The van der Waals surface area contributed by atoms with Gasteiger partial charge in [0.05, 0.1) is 0 Å². The first-order chi connectivity index (χ1) is 11.9. The molecule has 3 aromatic carbocycles. The second-order valence-corrected chi connectivity index (χ2v) is 6.20. The van der Waals surface area contributed by atoms with Crippen LogP contribution in [0, 0.1) is 0 Å². The minimum absolute atomic E-state index is 0.595. The number of piperazine rings is 1. The molecule has 0 aromatic heterocycles. The average Bonchev–Trinajstić information content (AvgIpc) is 2.67. The summed E-state index contributed by atoms with van der Waals surface area (Å²) in [5, 5.41) is 5.90. The summed E-state index contributed by atoms with van der Waals surface area (Å²) in [6.07, 6.45) is 0. The lowest BCUT2D eigenvalue weighted by atomic mass is 10.1. The molecule has 4 rings (SSSR count). The second kappa shape index (κ2) is 6.93. The molecule has 1 N–H and O–H groups in total. The van der Waals surface area contributed by atoms with Crippen molar-refractivity contribution in [3.05, 3.63) is 72.3 Å². The molecule has 24 heavy (non-hydrogen) atoms. The van der Waals surface area contributed by atoms with Gasteiger partial charge in [-0.3, -0.25) is 0 Å². The zero-order valence-corrected chi connectivity index (χ0v) is 13.7. The van der Waals surface area contributed by atoms with Gasteiger partial charge in [0.15, 0.2) is 0 Å². The number of benzene rings is 3. The van der Waals surface area contributed by atoms with Crippen molar-refractivity contribution in [1.29, 1.82) is 0 Å². The summed E-state index contributed by atoms with van der Waals surface area (Å²) in [4.78, 5) is 2.41. The summed E-state index contributed by atoms with van der Waals surface area (Å²) < 4.78 is 5.95. The minimum atomic E-state index is 0.595. The Morgan fingerprint density at radius 2 is 1.58 bits per heavy atom. The molecule has 3 nitrogen and oxygen atoms in total. The van der Waals surface area contributed by atoms with Gasteiger partial charge in [0.2, 0.25) is 0 Å². The fraction of sp³-hybridized carbons (Fsp3) is 0.238. The predicted molar refractivity (Wildman–Crippen MR) is 99.8 cm³/mol. The summed E-state index contributed by atoms with van der Waals surface area (Å²) in [5.41, 5.74) is 2.47. The van der Waals surface area contributed by atoms with Gasteiger partial charge in [0.1, 0.15) is 12.4 Å². The first-order valence-corrected chi connectivity index (χ1v) is 8.55. The minimum Gasteiger partial charge on any atom is -0.489 e. The van der Waals surface area contributed by atoms with E-state index in [4.69, 9.17) is 4.74 Å². The van der Waals surface area contributed by atoms with E-state index in [-0.39, 0.29) is 0 Å². The molecular formula is C21H22N2O. The number of ether oxygens (including phenoxy) is 1. The van der Waals surface area contributed by atoms with Crippen LogP contribution in [0.25, 0.3) is 10.8 Å². The molecule has 122 valence electrons. The van der Waals surface area contributed by atoms with E-state index in [0.29, 0.717) is 6.61 Å². The standard InChI is InChI=1S/C21H22N2O/c1-2-4-19-15-17(5-6-18(19)3-1)16-24-21-9-7-20(8-10-21)23-13-11-22-12-14-23/h1-10,15,22H,11-14,16H2. The monoisotopic (exact) mass is 318 g/mol. The number of hydrogen-bond acceptors (Lipinski definition) is 3. The van der Waals surface area contributed by atoms with E-state index in [1.807, 2.05) is 0 Å². The summed E-state index contributed by atoms with van der Waals surface area (Å²) in [7, 11) is 0. The molecule has 1 fully saturated rings. The molecule has 0 saturated carbocycles. The SMILES string of the molecule is c1ccc2cc(COc3ccc(N4CCNCC4)cc3)ccc2c1. The van der Waals surface area contributed by atoms with Gasteiger partial charge < -0.3 is 15.0 Å². The van der Waals surface area contributed by atoms with Crippen LogP contribution in [0.5, 0.6) is 5.75 Å². The van der Waals surface area contributed by atoms with Gasteiger partial charge in [-0.15, -0.1) is 0 Å². The van der Waals surface area contributed by atoms with Crippen molar-refractivity contribution >= 4 is 16.5 Å². The Morgan fingerprint density at radius 1 is 0.833 bits per heavy atom. The van der Waals surface area contributed by atoms with E-state index in [9.17, 15) is 0 Å². The molecule has 0 radical (unpaired) electrons. The number of fused-ring (bicyclic) bond motifs is 1. The fourth-order valence-electron chi connectivity index (χ4n) is 3.17. The Hall–Kier alpha value is -2.52. The number of nitrogens with zero attached hydrogens (tertiary/aromatic N) is 1. The highest BCUT2D eigenvalue weighted by molar-refractivity contribution is 5.82. The topological polar surface area (TPSA) is 24.5 Å². The third-order valence-corrected chi connectivity index (χ3v) is 4.54. The molecule has 0 atom stereocenters. The van der Waals surface area contributed by atoms with E-state index >= 15 is 0 Å². The van der Waals surface area contributed by atoms with Crippen LogP contribution in [-0.4, -0.2) is 26.2 Å². The van der Waals surface area contributed by atoms with E-state index in [2.05, 4.69) is 76.9 Å². The van der Waals surface area contributed by atoms with Gasteiger partial charge in [0, 0.05) is 31.9 Å². The lowest BCUT2D eigenvalue weighted by molar-refractivity contribution is 0.306. The van der Waals surface area contributed by atoms with Crippen LogP contribution in [0.2, 0.25) is 0 Å². The molecule has 1 aliphatic rings. The van der Waals surface area contributed by atoms with Crippen molar-refractivity contribution in [2.45, 2.75) is 6.61 Å². The predicted octanol–water partition coefficient (Wildman–Crippen LogP) is 3.83. The number of rotatable bonds is 4. The van der Waals surface area contributed by atoms with Crippen LogP contribution in [0.3, 0.4) is 0 Å². The zero-order chi connectivity index (χ0) is 16.2. The van der Waals surface area contributed by atoms with Crippen LogP contribution in [0.4, 0.5) is 5.69 Å². The molecule has 0 unspecified atom stereocenters. The third-order valence-electron chi connectivity index (χ3n) is 4.54. The maximum absolute atomic E-state index is 5.95. The quantitative estimate of drug-likeness (QED) is 0.791. The summed E-state index contributed by atoms with van der Waals surface area (Å²) in [5.74, 6) is 0.919. The maximum atomic E-state index is 5.95. The Morgan fingerprint density at radius 3 is 2.38 bits per heavy atom. The van der Waals surface area contributed by atoms with Crippen LogP contribution in [0.15, 0.2) is 66.7 Å². The molecule has 0 aliphatic carbocycles. The zero-order valence-electron chi connectivity index (χ0n) is 13.7. The van der Waals surface area contributed by atoms with Crippen molar-refractivity contribution in [3.8, 4) is 5.75 Å². The van der Waals surface area contributed by atoms with Gasteiger partial charge in [-0.1, -0.05) is 36.4 Å². The smallest absolute Gasteiger partial charge is 0.119 e. The second-order valence-electron chi connectivity index (χ2n) is 6.20. The molecule has 1 aliphatic heterocycles. The number of nitrogens with one attached hydrogen (secondary N) is 1. The van der Waals surface area contributed by atoms with Crippen molar-refractivity contribution in [3.63, 3.8) is 0 Å². The lowest BCUT2D eigenvalue weighted by Crippen LogP contribution is -2.43. The van der Waals surface area contributed by atoms with E-state index in [1.165, 1.54) is 22.0 Å². The van der Waals surface area contributed by atoms with Crippen LogP contribution < -0.4 is 15.0 Å². The Balaban J connectivity index is 1.41. The normalized spacial score (nSPS) is 14.8. The fourth-order valence-corrected chi connectivity index (χ4v) is 3.17.